The molecule has 148 valence electrons. The minimum Gasteiger partial charge on any atom is -0.492 e. The van der Waals surface area contributed by atoms with Gasteiger partial charge in [-0.3, -0.25) is 4.40 Å². The summed E-state index contributed by atoms with van der Waals surface area (Å²) in [5, 5.41) is 15.9. The van der Waals surface area contributed by atoms with Crippen molar-refractivity contribution in [3.8, 4) is 5.75 Å². The number of halogens is 2. The van der Waals surface area contributed by atoms with Crippen molar-refractivity contribution in [1.82, 2.24) is 25.2 Å². The van der Waals surface area contributed by atoms with Gasteiger partial charge in [0.15, 0.2) is 17.4 Å². The minimum atomic E-state index is 0.428. The van der Waals surface area contributed by atoms with Gasteiger partial charge in [-0.1, -0.05) is 29.3 Å². The van der Waals surface area contributed by atoms with Crippen LogP contribution in [0.1, 0.15) is 19.2 Å². The van der Waals surface area contributed by atoms with Crippen LogP contribution in [0.25, 0.3) is 5.65 Å². The molecule has 28 heavy (non-hydrogen) atoms. The number of rotatable bonds is 8. The Morgan fingerprint density at radius 1 is 1.18 bits per heavy atom. The van der Waals surface area contributed by atoms with Crippen LogP contribution in [0, 0.1) is 0 Å². The number of hydrogen-bond acceptors (Lipinski definition) is 4. The molecule has 0 amide bonds. The zero-order chi connectivity index (χ0) is 19.8. The molecular weight excluding hydrogens is 399 g/mol. The van der Waals surface area contributed by atoms with Crippen LogP contribution in [0.5, 0.6) is 5.75 Å². The van der Waals surface area contributed by atoms with Crippen LogP contribution in [-0.4, -0.2) is 40.3 Å². The highest BCUT2D eigenvalue weighted by Crippen LogP contribution is 2.27. The number of pyridine rings is 1. The van der Waals surface area contributed by atoms with Crippen molar-refractivity contribution < 1.29 is 4.74 Å². The molecule has 0 atom stereocenters. The lowest BCUT2D eigenvalue weighted by Crippen LogP contribution is -2.38. The van der Waals surface area contributed by atoms with Gasteiger partial charge in [0.05, 0.1) is 11.6 Å². The van der Waals surface area contributed by atoms with Gasteiger partial charge in [-0.2, -0.15) is 0 Å². The lowest BCUT2D eigenvalue weighted by Gasteiger charge is -2.12. The van der Waals surface area contributed by atoms with Crippen molar-refractivity contribution in [2.75, 3.05) is 19.7 Å². The van der Waals surface area contributed by atoms with E-state index in [4.69, 9.17) is 27.9 Å². The Kier molecular flexibility index (Phi) is 7.33. The van der Waals surface area contributed by atoms with E-state index >= 15 is 0 Å². The Morgan fingerprint density at radius 3 is 2.89 bits per heavy atom. The molecule has 0 aliphatic rings. The first-order chi connectivity index (χ1) is 13.7. The summed E-state index contributed by atoms with van der Waals surface area (Å²) in [7, 11) is 0. The molecule has 2 N–H and O–H groups in total. The molecule has 0 fully saturated rings. The molecular formula is C19H22Cl2N6O. The molecule has 0 aliphatic heterocycles. The van der Waals surface area contributed by atoms with E-state index in [1.807, 2.05) is 35.7 Å². The van der Waals surface area contributed by atoms with Crippen LogP contribution in [0.2, 0.25) is 10.0 Å². The predicted molar refractivity (Wildman–Crippen MR) is 112 cm³/mol. The van der Waals surface area contributed by atoms with Gasteiger partial charge in [0.2, 0.25) is 0 Å². The lowest BCUT2D eigenvalue weighted by atomic mass is 10.3. The molecule has 0 unspecified atom stereocenters. The second-order valence-corrected chi connectivity index (χ2v) is 6.79. The topological polar surface area (TPSA) is 75.8 Å². The molecule has 0 saturated heterocycles. The zero-order valence-electron chi connectivity index (χ0n) is 15.5. The average molecular weight is 421 g/mol. The Bertz CT molecular complexity index is 943. The number of guanidine groups is 1. The third-order valence-electron chi connectivity index (χ3n) is 3.87. The number of aliphatic imine (C=N–C) groups is 1. The maximum atomic E-state index is 6.10. The summed E-state index contributed by atoms with van der Waals surface area (Å²) in [6.07, 6.45) is 2.72. The summed E-state index contributed by atoms with van der Waals surface area (Å²) in [4.78, 5) is 4.58. The van der Waals surface area contributed by atoms with Crippen LogP contribution in [0.15, 0.2) is 47.6 Å². The standard InChI is InChI=1S/C19H22Cl2N6O/c1-2-22-19(24-13-18-26-25-17-6-3-4-10-27(17)18)23-9-5-11-28-16-8-7-14(20)12-15(16)21/h3-4,6-8,10,12H,2,5,9,11,13H2,1H3,(H2,22,23,24). The van der Waals surface area contributed by atoms with E-state index in [-0.39, 0.29) is 0 Å². The monoisotopic (exact) mass is 420 g/mol. The van der Waals surface area contributed by atoms with Crippen LogP contribution < -0.4 is 15.4 Å². The molecule has 2 aromatic heterocycles. The highest BCUT2D eigenvalue weighted by atomic mass is 35.5. The Balaban J connectivity index is 1.48. The largest absolute Gasteiger partial charge is 0.492 e. The van der Waals surface area contributed by atoms with Crippen LogP contribution in [0.4, 0.5) is 0 Å². The smallest absolute Gasteiger partial charge is 0.191 e. The number of ether oxygens (including phenoxy) is 1. The summed E-state index contributed by atoms with van der Waals surface area (Å²) in [5.74, 6) is 2.14. The quantitative estimate of drug-likeness (QED) is 0.331. The van der Waals surface area contributed by atoms with E-state index in [2.05, 4.69) is 25.8 Å². The van der Waals surface area contributed by atoms with Gasteiger partial charge in [-0.15, -0.1) is 10.2 Å². The number of fused-ring (bicyclic) bond motifs is 1. The normalized spacial score (nSPS) is 11.6. The SMILES string of the molecule is CCNC(=NCc1nnc2ccccn12)NCCCOc1ccc(Cl)cc1Cl. The minimum absolute atomic E-state index is 0.428. The van der Waals surface area contributed by atoms with Crippen LogP contribution >= 0.6 is 23.2 Å². The average Bonchev–Trinajstić information content (AvgIpc) is 3.10. The Hall–Kier alpha value is -2.51. The zero-order valence-corrected chi connectivity index (χ0v) is 17.0. The fourth-order valence-corrected chi connectivity index (χ4v) is 3.01. The van der Waals surface area contributed by atoms with E-state index in [0.717, 1.165) is 30.4 Å². The molecule has 0 aliphatic carbocycles. The molecule has 2 heterocycles. The molecule has 3 aromatic rings. The molecule has 1 aromatic carbocycles. The second kappa shape index (κ2) is 10.1. The molecule has 9 heteroatoms. The Labute approximate surface area is 173 Å². The van der Waals surface area contributed by atoms with Gasteiger partial charge in [0.1, 0.15) is 12.3 Å². The van der Waals surface area contributed by atoms with Gasteiger partial charge in [-0.25, -0.2) is 4.99 Å². The highest BCUT2D eigenvalue weighted by molar-refractivity contribution is 6.35. The Morgan fingerprint density at radius 2 is 2.07 bits per heavy atom. The van der Waals surface area contributed by atoms with Crippen molar-refractivity contribution >= 4 is 34.8 Å². The molecule has 3 rings (SSSR count). The maximum absolute atomic E-state index is 6.10. The summed E-state index contributed by atoms with van der Waals surface area (Å²) >= 11 is 12.0. The summed E-state index contributed by atoms with van der Waals surface area (Å²) in [5.41, 5.74) is 0.809. The van der Waals surface area contributed by atoms with Crippen LogP contribution in [0.3, 0.4) is 0 Å². The number of hydrogen-bond donors (Lipinski definition) is 2. The molecule has 7 nitrogen and oxygen atoms in total. The molecule has 0 saturated carbocycles. The van der Waals surface area contributed by atoms with Gasteiger partial charge in [-0.05, 0) is 43.7 Å². The second-order valence-electron chi connectivity index (χ2n) is 5.94. The van der Waals surface area contributed by atoms with Gasteiger partial charge >= 0.3 is 0 Å². The van der Waals surface area contributed by atoms with Crippen molar-refractivity contribution in [2.45, 2.75) is 19.9 Å². The fraction of sp³-hybridized carbons (Fsp3) is 0.316. The van der Waals surface area contributed by atoms with Gasteiger partial charge in [0.25, 0.3) is 0 Å². The predicted octanol–water partition coefficient (Wildman–Crippen LogP) is 3.56. The summed E-state index contributed by atoms with van der Waals surface area (Å²) in [6.45, 7) is 4.45. The number of aromatic nitrogens is 3. The molecule has 0 radical (unpaired) electrons. The van der Waals surface area contributed by atoms with Crippen LogP contribution in [-0.2, 0) is 6.54 Å². The van der Waals surface area contributed by atoms with Gasteiger partial charge < -0.3 is 15.4 Å². The van der Waals surface area contributed by atoms with Crippen molar-refractivity contribution in [3.63, 3.8) is 0 Å². The maximum Gasteiger partial charge on any atom is 0.191 e. The van der Waals surface area contributed by atoms with E-state index in [9.17, 15) is 0 Å². The first-order valence-electron chi connectivity index (χ1n) is 9.06. The third kappa shape index (κ3) is 5.50. The van der Waals surface area contributed by atoms with E-state index < -0.39 is 0 Å². The van der Waals surface area contributed by atoms with E-state index in [1.165, 1.54) is 0 Å². The van der Waals surface area contributed by atoms with Crippen molar-refractivity contribution in [3.05, 3.63) is 58.5 Å². The van der Waals surface area contributed by atoms with E-state index in [1.54, 1.807) is 18.2 Å². The number of nitrogens with one attached hydrogen (secondary N) is 2. The fourth-order valence-electron chi connectivity index (χ4n) is 2.54. The first-order valence-corrected chi connectivity index (χ1v) is 9.81. The summed E-state index contributed by atoms with van der Waals surface area (Å²) < 4.78 is 7.62. The molecule has 0 bridgehead atoms. The number of nitrogens with zero attached hydrogens (tertiary/aromatic N) is 4. The lowest BCUT2D eigenvalue weighted by molar-refractivity contribution is 0.311. The van der Waals surface area contributed by atoms with E-state index in [0.29, 0.717) is 35.5 Å². The third-order valence-corrected chi connectivity index (χ3v) is 4.40. The summed E-state index contributed by atoms with van der Waals surface area (Å²) in [6, 6.07) is 11.0. The van der Waals surface area contributed by atoms with Crippen molar-refractivity contribution in [1.29, 1.82) is 0 Å². The number of benzene rings is 1. The molecule has 0 spiro atoms. The van der Waals surface area contributed by atoms with Gasteiger partial charge in [0, 0.05) is 24.3 Å². The van der Waals surface area contributed by atoms with Crippen molar-refractivity contribution in [2.24, 2.45) is 4.99 Å². The first kappa shape index (κ1) is 20.2. The highest BCUT2D eigenvalue weighted by Gasteiger charge is 2.05.